The summed E-state index contributed by atoms with van der Waals surface area (Å²) in [5.74, 6) is 0.826. The van der Waals surface area contributed by atoms with E-state index in [0.29, 0.717) is 17.1 Å². The minimum Gasteiger partial charge on any atom is -0.496 e. The van der Waals surface area contributed by atoms with Gasteiger partial charge in [0.05, 0.1) is 38.3 Å². The zero-order valence-electron chi connectivity index (χ0n) is 12.9. The fraction of sp³-hybridized carbons (Fsp3) is 0.533. The van der Waals surface area contributed by atoms with Gasteiger partial charge in [-0.25, -0.2) is 0 Å². The Balaban J connectivity index is 3.41. The molecule has 0 heterocycles. The first kappa shape index (κ1) is 16.3. The van der Waals surface area contributed by atoms with E-state index in [1.165, 1.54) is 7.11 Å². The third-order valence-corrected chi connectivity index (χ3v) is 3.49. The molecule has 0 unspecified atom stereocenters. The first-order valence-corrected chi connectivity index (χ1v) is 6.36. The van der Waals surface area contributed by atoms with Gasteiger partial charge in [0, 0.05) is 0 Å². The highest BCUT2D eigenvalue weighted by atomic mass is 16.5. The number of hydrogen-bond donors (Lipinski definition) is 1. The molecule has 0 aliphatic rings. The van der Waals surface area contributed by atoms with E-state index in [-0.39, 0.29) is 5.97 Å². The quantitative estimate of drug-likeness (QED) is 0.838. The summed E-state index contributed by atoms with van der Waals surface area (Å²) in [5.41, 5.74) is 7.05. The Bertz CT molecular complexity index is 472. The van der Waals surface area contributed by atoms with E-state index in [2.05, 4.69) is 0 Å². The highest BCUT2D eigenvalue weighted by Crippen LogP contribution is 2.42. The van der Waals surface area contributed by atoms with Crippen LogP contribution in [0.5, 0.6) is 11.5 Å². The summed E-state index contributed by atoms with van der Waals surface area (Å²) in [6.45, 7) is 5.41. The maximum Gasteiger partial charge on any atom is 0.313 e. The van der Waals surface area contributed by atoms with E-state index in [9.17, 15) is 4.79 Å². The molecule has 0 aliphatic carbocycles. The lowest BCUT2D eigenvalue weighted by atomic mass is 9.80. The van der Waals surface area contributed by atoms with Crippen molar-refractivity contribution in [2.24, 2.45) is 11.1 Å². The molecule has 0 amide bonds. The molecule has 1 rings (SSSR count). The average Bonchev–Trinajstić information content (AvgIpc) is 2.44. The number of benzene rings is 1. The standard InChI is InChI=1S/C15H23NO4/c1-9-7-10(18-4)12(11(8-9)19-5)13(16)15(2,3)14(17)20-6/h7-8,13H,16H2,1-6H3/t13-/m1/s1. The summed E-state index contributed by atoms with van der Waals surface area (Å²) in [6, 6.07) is 3.12. The predicted molar refractivity (Wildman–Crippen MR) is 77.0 cm³/mol. The first-order valence-electron chi connectivity index (χ1n) is 6.36. The summed E-state index contributed by atoms with van der Waals surface area (Å²) >= 11 is 0. The number of nitrogens with two attached hydrogens (primary N) is 1. The van der Waals surface area contributed by atoms with E-state index < -0.39 is 11.5 Å². The van der Waals surface area contributed by atoms with Crippen molar-refractivity contribution in [2.75, 3.05) is 21.3 Å². The van der Waals surface area contributed by atoms with Crippen molar-refractivity contribution < 1.29 is 19.0 Å². The van der Waals surface area contributed by atoms with E-state index in [1.54, 1.807) is 28.1 Å². The van der Waals surface area contributed by atoms with Gasteiger partial charge in [-0.15, -0.1) is 0 Å². The Morgan fingerprint density at radius 1 is 1.15 bits per heavy atom. The van der Waals surface area contributed by atoms with Crippen LogP contribution in [0.15, 0.2) is 12.1 Å². The molecule has 0 fully saturated rings. The number of hydrogen-bond acceptors (Lipinski definition) is 5. The highest BCUT2D eigenvalue weighted by molar-refractivity contribution is 5.77. The number of carbonyl (C=O) groups excluding carboxylic acids is 1. The number of carbonyl (C=O) groups is 1. The molecule has 2 N–H and O–H groups in total. The largest absolute Gasteiger partial charge is 0.496 e. The monoisotopic (exact) mass is 281 g/mol. The second kappa shape index (κ2) is 6.13. The van der Waals surface area contributed by atoms with Crippen LogP contribution in [-0.2, 0) is 9.53 Å². The third-order valence-electron chi connectivity index (χ3n) is 3.49. The van der Waals surface area contributed by atoms with Gasteiger partial charge in [-0.05, 0) is 38.5 Å². The van der Waals surface area contributed by atoms with Gasteiger partial charge in [0.25, 0.3) is 0 Å². The molecule has 1 atom stereocenters. The van der Waals surface area contributed by atoms with Crippen LogP contribution >= 0.6 is 0 Å². The van der Waals surface area contributed by atoms with Crippen molar-refractivity contribution in [2.45, 2.75) is 26.8 Å². The molecular formula is C15H23NO4. The van der Waals surface area contributed by atoms with E-state index >= 15 is 0 Å². The lowest BCUT2D eigenvalue weighted by molar-refractivity contribution is -0.152. The summed E-state index contributed by atoms with van der Waals surface area (Å²) < 4.78 is 15.6. The fourth-order valence-electron chi connectivity index (χ4n) is 2.13. The van der Waals surface area contributed by atoms with Crippen molar-refractivity contribution in [3.8, 4) is 11.5 Å². The van der Waals surface area contributed by atoms with E-state index in [0.717, 1.165) is 5.56 Å². The molecule has 0 bridgehead atoms. The maximum atomic E-state index is 11.9. The van der Waals surface area contributed by atoms with Crippen LogP contribution < -0.4 is 15.2 Å². The molecule has 20 heavy (non-hydrogen) atoms. The molecular weight excluding hydrogens is 258 g/mol. The van der Waals surface area contributed by atoms with Crippen molar-refractivity contribution >= 4 is 5.97 Å². The molecule has 5 nitrogen and oxygen atoms in total. The Hall–Kier alpha value is -1.75. The molecule has 0 radical (unpaired) electrons. The van der Waals surface area contributed by atoms with Crippen LogP contribution in [0.25, 0.3) is 0 Å². The highest BCUT2D eigenvalue weighted by Gasteiger charge is 2.39. The lowest BCUT2D eigenvalue weighted by Gasteiger charge is -2.31. The van der Waals surface area contributed by atoms with Crippen molar-refractivity contribution in [1.29, 1.82) is 0 Å². The molecule has 1 aromatic carbocycles. The molecule has 0 aliphatic heterocycles. The van der Waals surface area contributed by atoms with Crippen LogP contribution in [0.1, 0.15) is 31.0 Å². The summed E-state index contributed by atoms with van der Waals surface area (Å²) in [5, 5.41) is 0. The minimum atomic E-state index is -0.898. The second-order valence-corrected chi connectivity index (χ2v) is 5.27. The van der Waals surface area contributed by atoms with Gasteiger partial charge < -0.3 is 19.9 Å². The van der Waals surface area contributed by atoms with Gasteiger partial charge >= 0.3 is 5.97 Å². The zero-order chi connectivity index (χ0) is 15.5. The molecule has 0 saturated heterocycles. The van der Waals surface area contributed by atoms with Crippen LogP contribution in [0.4, 0.5) is 0 Å². The van der Waals surface area contributed by atoms with Gasteiger partial charge in [0.1, 0.15) is 11.5 Å². The van der Waals surface area contributed by atoms with Crippen LogP contribution in [0, 0.1) is 12.3 Å². The molecule has 112 valence electrons. The summed E-state index contributed by atoms with van der Waals surface area (Å²) in [7, 11) is 4.48. The normalized spacial score (nSPS) is 12.8. The van der Waals surface area contributed by atoms with Gasteiger partial charge in [0.15, 0.2) is 0 Å². The fourth-order valence-corrected chi connectivity index (χ4v) is 2.13. The van der Waals surface area contributed by atoms with E-state index in [4.69, 9.17) is 19.9 Å². The molecule has 1 aromatic rings. The maximum absolute atomic E-state index is 11.9. The molecule has 0 saturated carbocycles. The minimum absolute atomic E-state index is 0.380. The molecule has 5 heteroatoms. The molecule has 0 spiro atoms. The first-order chi connectivity index (χ1) is 9.29. The number of esters is 1. The predicted octanol–water partition coefficient (Wildman–Crippen LogP) is 2.21. The van der Waals surface area contributed by atoms with E-state index in [1.807, 2.05) is 19.1 Å². The van der Waals surface area contributed by atoms with Crippen molar-refractivity contribution in [1.82, 2.24) is 0 Å². The second-order valence-electron chi connectivity index (χ2n) is 5.27. The SMILES string of the molecule is COC(=O)C(C)(C)[C@H](N)c1c(OC)cc(C)cc1OC. The van der Waals surface area contributed by atoms with Crippen molar-refractivity contribution in [3.05, 3.63) is 23.3 Å². The van der Waals surface area contributed by atoms with Gasteiger partial charge in [-0.1, -0.05) is 0 Å². The Morgan fingerprint density at radius 2 is 1.60 bits per heavy atom. The van der Waals surface area contributed by atoms with Gasteiger partial charge in [0.2, 0.25) is 0 Å². The van der Waals surface area contributed by atoms with Crippen molar-refractivity contribution in [3.63, 3.8) is 0 Å². The smallest absolute Gasteiger partial charge is 0.313 e. The number of rotatable bonds is 5. The topological polar surface area (TPSA) is 70.8 Å². The van der Waals surface area contributed by atoms with Gasteiger partial charge in [-0.2, -0.15) is 0 Å². The Morgan fingerprint density at radius 3 is 1.95 bits per heavy atom. The van der Waals surface area contributed by atoms with Gasteiger partial charge in [-0.3, -0.25) is 4.79 Å². The summed E-state index contributed by atoms with van der Waals surface area (Å²) in [6.07, 6.45) is 0. The van der Waals surface area contributed by atoms with Crippen LogP contribution in [0.2, 0.25) is 0 Å². The van der Waals surface area contributed by atoms with Crippen LogP contribution in [0.3, 0.4) is 0 Å². The Labute approximate surface area is 120 Å². The average molecular weight is 281 g/mol. The third kappa shape index (κ3) is 2.88. The number of ether oxygens (including phenoxy) is 3. The lowest BCUT2D eigenvalue weighted by Crippen LogP contribution is -2.37. The zero-order valence-corrected chi connectivity index (χ0v) is 12.9. The summed E-state index contributed by atoms with van der Waals surface area (Å²) in [4.78, 5) is 11.9. The van der Waals surface area contributed by atoms with Crippen LogP contribution in [-0.4, -0.2) is 27.3 Å². The Kier molecular flexibility index (Phi) is 5.00. The number of methoxy groups -OCH3 is 3. The number of aryl methyl sites for hydroxylation is 1. The molecule has 0 aromatic heterocycles.